The zero-order valence-electron chi connectivity index (χ0n) is 9.87. The molecule has 1 heterocycles. The fraction of sp³-hybridized carbons (Fsp3) is 0.385. The van der Waals surface area contributed by atoms with Gasteiger partial charge in [0.2, 0.25) is 0 Å². The molecular weight excluding hydrogens is 212 g/mol. The van der Waals surface area contributed by atoms with Crippen LogP contribution in [0.5, 0.6) is 0 Å². The SMILES string of the molecule is CC(N)C1(c2cccc(-n3ccnn3)c2)CC1. The predicted molar refractivity (Wildman–Crippen MR) is 65.9 cm³/mol. The van der Waals surface area contributed by atoms with Crippen LogP contribution < -0.4 is 5.73 Å². The molecule has 1 saturated carbocycles. The number of rotatable bonds is 3. The standard InChI is InChI=1S/C13H16N4/c1-10(14)13(5-6-13)11-3-2-4-12(9-11)17-8-7-15-16-17/h2-4,7-10H,5-6,14H2,1H3. The number of nitrogens with zero attached hydrogens (tertiary/aromatic N) is 3. The Morgan fingerprint density at radius 2 is 2.24 bits per heavy atom. The second kappa shape index (κ2) is 3.67. The molecule has 1 aliphatic rings. The van der Waals surface area contributed by atoms with E-state index >= 15 is 0 Å². The third kappa shape index (κ3) is 1.65. The van der Waals surface area contributed by atoms with E-state index in [1.807, 2.05) is 12.3 Å². The molecule has 0 radical (unpaired) electrons. The summed E-state index contributed by atoms with van der Waals surface area (Å²) < 4.78 is 1.78. The van der Waals surface area contributed by atoms with Crippen LogP contribution in [0.1, 0.15) is 25.3 Å². The lowest BCUT2D eigenvalue weighted by atomic mass is 9.89. The van der Waals surface area contributed by atoms with E-state index in [0.717, 1.165) is 5.69 Å². The van der Waals surface area contributed by atoms with Crippen molar-refractivity contribution in [2.24, 2.45) is 5.73 Å². The first-order chi connectivity index (χ1) is 8.22. The molecule has 4 nitrogen and oxygen atoms in total. The van der Waals surface area contributed by atoms with Gasteiger partial charge in [-0.1, -0.05) is 17.3 Å². The van der Waals surface area contributed by atoms with E-state index in [1.54, 1.807) is 10.9 Å². The van der Waals surface area contributed by atoms with E-state index in [1.165, 1.54) is 18.4 Å². The van der Waals surface area contributed by atoms with Crippen LogP contribution >= 0.6 is 0 Å². The lowest BCUT2D eigenvalue weighted by Gasteiger charge is -2.20. The van der Waals surface area contributed by atoms with Gasteiger partial charge in [-0.05, 0) is 37.5 Å². The zero-order chi connectivity index (χ0) is 11.9. The molecule has 0 aliphatic heterocycles. The molecule has 0 bridgehead atoms. The minimum Gasteiger partial charge on any atom is -0.327 e. The summed E-state index contributed by atoms with van der Waals surface area (Å²) in [5.41, 5.74) is 8.66. The summed E-state index contributed by atoms with van der Waals surface area (Å²) in [5.74, 6) is 0. The Bertz CT molecular complexity index is 512. The summed E-state index contributed by atoms with van der Waals surface area (Å²) in [7, 11) is 0. The van der Waals surface area contributed by atoms with E-state index < -0.39 is 0 Å². The van der Waals surface area contributed by atoms with Gasteiger partial charge >= 0.3 is 0 Å². The monoisotopic (exact) mass is 228 g/mol. The van der Waals surface area contributed by atoms with Crippen LogP contribution in [0, 0.1) is 0 Å². The average Bonchev–Trinajstić information content (AvgIpc) is 2.98. The fourth-order valence-corrected chi connectivity index (χ4v) is 2.45. The number of aromatic nitrogens is 3. The molecule has 3 rings (SSSR count). The maximum absolute atomic E-state index is 6.10. The van der Waals surface area contributed by atoms with Gasteiger partial charge in [0.15, 0.2) is 0 Å². The van der Waals surface area contributed by atoms with E-state index in [9.17, 15) is 0 Å². The highest BCUT2D eigenvalue weighted by Crippen LogP contribution is 2.50. The molecule has 1 fully saturated rings. The summed E-state index contributed by atoms with van der Waals surface area (Å²) in [6.07, 6.45) is 5.91. The third-order valence-electron chi connectivity index (χ3n) is 3.77. The average molecular weight is 228 g/mol. The van der Waals surface area contributed by atoms with Gasteiger partial charge in [0.1, 0.15) is 0 Å². The molecule has 0 amide bonds. The molecule has 1 unspecified atom stereocenters. The molecule has 0 spiro atoms. The van der Waals surface area contributed by atoms with Gasteiger partial charge < -0.3 is 5.73 Å². The van der Waals surface area contributed by atoms with Crippen LogP contribution in [0.25, 0.3) is 5.69 Å². The van der Waals surface area contributed by atoms with Gasteiger partial charge in [-0.2, -0.15) is 0 Å². The summed E-state index contributed by atoms with van der Waals surface area (Å²) in [4.78, 5) is 0. The highest BCUT2D eigenvalue weighted by molar-refractivity contribution is 5.42. The molecule has 0 saturated heterocycles. The molecular formula is C13H16N4. The van der Waals surface area contributed by atoms with Crippen LogP contribution in [-0.4, -0.2) is 21.0 Å². The Kier molecular flexibility index (Phi) is 2.26. The second-order valence-electron chi connectivity index (χ2n) is 4.84. The highest BCUT2D eigenvalue weighted by Gasteiger charge is 2.47. The van der Waals surface area contributed by atoms with Gasteiger partial charge in [-0.25, -0.2) is 4.68 Å². The molecule has 1 aromatic heterocycles. The van der Waals surface area contributed by atoms with Crippen molar-refractivity contribution in [2.75, 3.05) is 0 Å². The Morgan fingerprint density at radius 1 is 1.41 bits per heavy atom. The first-order valence-corrected chi connectivity index (χ1v) is 5.95. The van der Waals surface area contributed by atoms with Crippen molar-refractivity contribution < 1.29 is 0 Å². The van der Waals surface area contributed by atoms with Gasteiger partial charge in [-0.15, -0.1) is 5.10 Å². The maximum Gasteiger partial charge on any atom is 0.0697 e. The van der Waals surface area contributed by atoms with Crippen molar-refractivity contribution in [3.63, 3.8) is 0 Å². The van der Waals surface area contributed by atoms with Crippen molar-refractivity contribution >= 4 is 0 Å². The molecule has 1 aliphatic carbocycles. The van der Waals surface area contributed by atoms with Crippen molar-refractivity contribution in [1.82, 2.24) is 15.0 Å². The third-order valence-corrected chi connectivity index (χ3v) is 3.77. The van der Waals surface area contributed by atoms with Crippen LogP contribution in [0.4, 0.5) is 0 Å². The number of hydrogen-bond acceptors (Lipinski definition) is 3. The highest BCUT2D eigenvalue weighted by atomic mass is 15.4. The molecule has 4 heteroatoms. The van der Waals surface area contributed by atoms with Crippen LogP contribution in [-0.2, 0) is 5.41 Å². The summed E-state index contributed by atoms with van der Waals surface area (Å²) in [6, 6.07) is 8.64. The van der Waals surface area contributed by atoms with Crippen molar-refractivity contribution in [3.8, 4) is 5.69 Å². The number of nitrogens with two attached hydrogens (primary N) is 1. The minimum absolute atomic E-state index is 0.191. The van der Waals surface area contributed by atoms with Crippen molar-refractivity contribution in [3.05, 3.63) is 42.2 Å². The Morgan fingerprint density at radius 3 is 2.82 bits per heavy atom. The van der Waals surface area contributed by atoms with E-state index in [4.69, 9.17) is 5.73 Å². The largest absolute Gasteiger partial charge is 0.327 e. The zero-order valence-corrected chi connectivity index (χ0v) is 9.87. The van der Waals surface area contributed by atoms with E-state index in [2.05, 4.69) is 35.4 Å². The van der Waals surface area contributed by atoms with Crippen molar-refractivity contribution in [1.29, 1.82) is 0 Å². The lowest BCUT2D eigenvalue weighted by molar-refractivity contribution is 0.556. The molecule has 1 atom stereocenters. The first-order valence-electron chi connectivity index (χ1n) is 5.95. The molecule has 88 valence electrons. The Labute approximate surface area is 100 Å². The Hall–Kier alpha value is -1.68. The fourth-order valence-electron chi connectivity index (χ4n) is 2.45. The smallest absolute Gasteiger partial charge is 0.0697 e. The lowest BCUT2D eigenvalue weighted by Crippen LogP contribution is -2.31. The summed E-state index contributed by atoms with van der Waals surface area (Å²) in [6.45, 7) is 2.09. The quantitative estimate of drug-likeness (QED) is 0.869. The van der Waals surface area contributed by atoms with E-state index in [-0.39, 0.29) is 11.5 Å². The number of benzene rings is 1. The number of hydrogen-bond donors (Lipinski definition) is 1. The van der Waals surface area contributed by atoms with Gasteiger partial charge in [0.25, 0.3) is 0 Å². The normalized spacial score (nSPS) is 18.9. The van der Waals surface area contributed by atoms with Crippen LogP contribution in [0.2, 0.25) is 0 Å². The predicted octanol–water partition coefficient (Wildman–Crippen LogP) is 1.65. The van der Waals surface area contributed by atoms with Crippen molar-refractivity contribution in [2.45, 2.75) is 31.2 Å². The second-order valence-corrected chi connectivity index (χ2v) is 4.84. The Balaban J connectivity index is 2.01. The minimum atomic E-state index is 0.191. The molecule has 17 heavy (non-hydrogen) atoms. The topological polar surface area (TPSA) is 56.7 Å². The molecule has 2 N–H and O–H groups in total. The maximum atomic E-state index is 6.10. The molecule has 2 aromatic rings. The summed E-state index contributed by atoms with van der Waals surface area (Å²) in [5, 5.41) is 7.84. The van der Waals surface area contributed by atoms with Gasteiger partial charge in [-0.3, -0.25) is 0 Å². The van der Waals surface area contributed by atoms with Crippen LogP contribution in [0.3, 0.4) is 0 Å². The van der Waals surface area contributed by atoms with E-state index in [0.29, 0.717) is 0 Å². The van der Waals surface area contributed by atoms with Crippen LogP contribution in [0.15, 0.2) is 36.7 Å². The first kappa shape index (κ1) is 10.5. The van der Waals surface area contributed by atoms with Gasteiger partial charge in [0.05, 0.1) is 18.1 Å². The summed E-state index contributed by atoms with van der Waals surface area (Å²) >= 11 is 0. The molecule has 1 aromatic carbocycles. The van der Waals surface area contributed by atoms with Gasteiger partial charge in [0, 0.05) is 11.5 Å².